The zero-order valence-electron chi connectivity index (χ0n) is 24.0. The average molecular weight is 519 g/mol. The van der Waals surface area contributed by atoms with Gasteiger partial charge in [0.2, 0.25) is 0 Å². The van der Waals surface area contributed by atoms with E-state index in [2.05, 4.69) is 25.7 Å². The predicted molar refractivity (Wildman–Crippen MR) is 150 cm³/mol. The Morgan fingerprint density at radius 1 is 1.05 bits per heavy atom. The van der Waals surface area contributed by atoms with Crippen LogP contribution in [0.2, 0.25) is 0 Å². The maximum Gasteiger partial charge on any atom is 0.0849 e. The number of aliphatic hydroxyl groups excluding tert-OH is 3. The lowest BCUT2D eigenvalue weighted by molar-refractivity contribution is -0.0563. The standard InChI is InChI=1S/C32H54O5/c1-21-24(19-25(33)20-28(21)34)12-11-22-10-8-18-32(6)26(22)14-15-27(32)23(9-7-17-30(2,3)36)13-16-29(35)31(4,5)37/h11-12,23,25-29,33-37H,1,7-10,13-20H2,2-6H3/b22-11+,24-12+/t23-,25+,26-,27+,28-,29+,32-/m0/s1. The molecule has 0 aliphatic heterocycles. The predicted octanol–water partition coefficient (Wildman–Crippen LogP) is 5.60. The van der Waals surface area contributed by atoms with E-state index in [0.717, 1.165) is 49.7 Å². The van der Waals surface area contributed by atoms with E-state index in [4.69, 9.17) is 0 Å². The van der Waals surface area contributed by atoms with Gasteiger partial charge >= 0.3 is 0 Å². The fourth-order valence-electron chi connectivity index (χ4n) is 7.59. The summed E-state index contributed by atoms with van der Waals surface area (Å²) in [6.07, 6.45) is 13.4. The zero-order chi connectivity index (χ0) is 27.6. The van der Waals surface area contributed by atoms with Crippen molar-refractivity contribution < 1.29 is 25.5 Å². The molecule has 5 nitrogen and oxygen atoms in total. The Hall–Kier alpha value is -0.980. The quantitative estimate of drug-likeness (QED) is 0.259. The van der Waals surface area contributed by atoms with Crippen LogP contribution in [0.25, 0.3) is 0 Å². The molecule has 0 aromatic carbocycles. The lowest BCUT2D eigenvalue weighted by Gasteiger charge is -2.45. The van der Waals surface area contributed by atoms with Gasteiger partial charge in [-0.3, -0.25) is 0 Å². The van der Waals surface area contributed by atoms with Gasteiger partial charge in [0.15, 0.2) is 0 Å². The van der Waals surface area contributed by atoms with Crippen LogP contribution >= 0.6 is 0 Å². The van der Waals surface area contributed by atoms with Gasteiger partial charge in [-0.2, -0.15) is 0 Å². The molecule has 7 atom stereocenters. The molecule has 0 saturated heterocycles. The summed E-state index contributed by atoms with van der Waals surface area (Å²) in [6.45, 7) is 13.7. The Balaban J connectivity index is 1.79. The van der Waals surface area contributed by atoms with E-state index in [0.29, 0.717) is 37.0 Å². The van der Waals surface area contributed by atoms with Crippen LogP contribution in [0.3, 0.4) is 0 Å². The molecule has 0 heterocycles. The average Bonchev–Trinajstić information content (AvgIpc) is 3.13. The Kier molecular flexibility index (Phi) is 9.94. The molecule has 0 amide bonds. The monoisotopic (exact) mass is 518 g/mol. The van der Waals surface area contributed by atoms with Gasteiger partial charge < -0.3 is 25.5 Å². The SMILES string of the molecule is C=C1/C(=C/C=C2\CCC[C@]3(C)[C@@H]([C@@H](CCCC(C)(C)O)CC[C@@H](O)C(C)(C)O)CC[C@@H]23)C[C@@H](O)C[C@@H]1O. The lowest BCUT2D eigenvalue weighted by Crippen LogP contribution is -2.39. The first kappa shape index (κ1) is 30.6. The molecular formula is C32H54O5. The highest BCUT2D eigenvalue weighted by Crippen LogP contribution is 2.60. The van der Waals surface area contributed by atoms with Crippen LogP contribution in [0.1, 0.15) is 112 Å². The van der Waals surface area contributed by atoms with E-state index in [-0.39, 0.29) is 5.41 Å². The van der Waals surface area contributed by atoms with Gasteiger partial charge in [-0.1, -0.05) is 44.1 Å². The third-order valence-electron chi connectivity index (χ3n) is 9.86. The number of rotatable bonds is 10. The van der Waals surface area contributed by atoms with E-state index in [1.807, 2.05) is 13.8 Å². The van der Waals surface area contributed by atoms with Crippen LogP contribution in [0.15, 0.2) is 35.5 Å². The molecule has 3 aliphatic carbocycles. The van der Waals surface area contributed by atoms with Crippen LogP contribution in [0, 0.1) is 23.2 Å². The van der Waals surface area contributed by atoms with Crippen LogP contribution < -0.4 is 0 Å². The molecule has 0 bridgehead atoms. The maximum absolute atomic E-state index is 10.6. The molecule has 212 valence electrons. The van der Waals surface area contributed by atoms with Crippen molar-refractivity contribution in [3.05, 3.63) is 35.5 Å². The van der Waals surface area contributed by atoms with E-state index < -0.39 is 29.5 Å². The summed E-state index contributed by atoms with van der Waals surface area (Å²) in [5.74, 6) is 1.53. The number of hydrogen-bond donors (Lipinski definition) is 5. The fraction of sp³-hybridized carbons (Fsp3) is 0.812. The molecule has 0 unspecified atom stereocenters. The van der Waals surface area contributed by atoms with Gasteiger partial charge in [0, 0.05) is 6.42 Å². The first-order valence-electron chi connectivity index (χ1n) is 14.7. The van der Waals surface area contributed by atoms with Crippen molar-refractivity contribution in [2.45, 2.75) is 141 Å². The van der Waals surface area contributed by atoms with E-state index in [9.17, 15) is 25.5 Å². The third-order valence-corrected chi connectivity index (χ3v) is 9.86. The van der Waals surface area contributed by atoms with Crippen molar-refractivity contribution in [1.29, 1.82) is 0 Å². The van der Waals surface area contributed by atoms with E-state index >= 15 is 0 Å². The Morgan fingerprint density at radius 3 is 2.41 bits per heavy atom. The van der Waals surface area contributed by atoms with Crippen LogP contribution in [-0.4, -0.2) is 55.0 Å². The topological polar surface area (TPSA) is 101 Å². The highest BCUT2D eigenvalue weighted by Gasteiger charge is 2.51. The van der Waals surface area contributed by atoms with Gasteiger partial charge in [-0.15, -0.1) is 0 Å². The summed E-state index contributed by atoms with van der Waals surface area (Å²) in [5, 5.41) is 51.5. The Labute approximate surface area is 225 Å². The molecule has 5 N–H and O–H groups in total. The molecule has 3 fully saturated rings. The molecule has 3 aliphatic rings. The normalized spacial score (nSPS) is 35.1. The summed E-state index contributed by atoms with van der Waals surface area (Å²) in [5.41, 5.74) is 1.62. The largest absolute Gasteiger partial charge is 0.393 e. The van der Waals surface area contributed by atoms with Gasteiger partial charge in [-0.25, -0.2) is 0 Å². The van der Waals surface area contributed by atoms with Crippen molar-refractivity contribution in [2.24, 2.45) is 23.2 Å². The van der Waals surface area contributed by atoms with E-state index in [1.54, 1.807) is 13.8 Å². The molecule has 0 aromatic heterocycles. The second kappa shape index (κ2) is 12.0. The Morgan fingerprint density at radius 2 is 1.76 bits per heavy atom. The smallest absolute Gasteiger partial charge is 0.0849 e. The minimum Gasteiger partial charge on any atom is -0.393 e. The van der Waals surface area contributed by atoms with Crippen molar-refractivity contribution >= 4 is 0 Å². The third kappa shape index (κ3) is 7.79. The lowest BCUT2D eigenvalue weighted by atomic mass is 9.60. The molecular weight excluding hydrogens is 464 g/mol. The van der Waals surface area contributed by atoms with Crippen molar-refractivity contribution in [1.82, 2.24) is 0 Å². The molecule has 0 radical (unpaired) electrons. The van der Waals surface area contributed by atoms with Crippen molar-refractivity contribution in [3.63, 3.8) is 0 Å². The molecule has 5 heteroatoms. The summed E-state index contributed by atoms with van der Waals surface area (Å²) in [4.78, 5) is 0. The Bertz CT molecular complexity index is 844. The molecule has 3 saturated carbocycles. The van der Waals surface area contributed by atoms with Crippen LogP contribution in [0.4, 0.5) is 0 Å². The second-order valence-corrected chi connectivity index (χ2v) is 13.9. The molecule has 0 aromatic rings. The second-order valence-electron chi connectivity index (χ2n) is 13.9. The summed E-state index contributed by atoms with van der Waals surface area (Å²) < 4.78 is 0. The van der Waals surface area contributed by atoms with Gasteiger partial charge in [0.1, 0.15) is 0 Å². The van der Waals surface area contributed by atoms with Crippen LogP contribution in [0.5, 0.6) is 0 Å². The highest BCUT2D eigenvalue weighted by molar-refractivity contribution is 5.38. The first-order chi connectivity index (χ1) is 17.1. The van der Waals surface area contributed by atoms with Crippen LogP contribution in [-0.2, 0) is 0 Å². The van der Waals surface area contributed by atoms with Gasteiger partial charge in [-0.05, 0) is 120 Å². The van der Waals surface area contributed by atoms with Crippen molar-refractivity contribution in [3.8, 4) is 0 Å². The van der Waals surface area contributed by atoms with E-state index in [1.165, 1.54) is 24.8 Å². The highest BCUT2D eigenvalue weighted by atomic mass is 16.3. The minimum atomic E-state index is -1.10. The summed E-state index contributed by atoms with van der Waals surface area (Å²) in [6, 6.07) is 0. The number of hydrogen-bond acceptors (Lipinski definition) is 5. The number of allylic oxidation sites excluding steroid dienone is 3. The summed E-state index contributed by atoms with van der Waals surface area (Å²) >= 11 is 0. The molecule has 3 rings (SSSR count). The van der Waals surface area contributed by atoms with Gasteiger partial charge in [0.05, 0.1) is 29.5 Å². The fourth-order valence-corrected chi connectivity index (χ4v) is 7.59. The number of fused-ring (bicyclic) bond motifs is 1. The first-order valence-corrected chi connectivity index (χ1v) is 14.7. The van der Waals surface area contributed by atoms with Crippen molar-refractivity contribution in [2.75, 3.05) is 0 Å². The maximum atomic E-state index is 10.6. The minimum absolute atomic E-state index is 0.199. The molecule has 37 heavy (non-hydrogen) atoms. The molecule has 0 spiro atoms. The number of aliphatic hydroxyl groups is 5. The zero-order valence-corrected chi connectivity index (χ0v) is 24.0. The van der Waals surface area contributed by atoms with Gasteiger partial charge in [0.25, 0.3) is 0 Å². The summed E-state index contributed by atoms with van der Waals surface area (Å²) in [7, 11) is 0.